The molecule has 0 saturated heterocycles. The topological polar surface area (TPSA) is 3.24 Å². The number of nitrogens with zero attached hydrogens (tertiary/aromatic N) is 1. The van der Waals surface area contributed by atoms with Crippen LogP contribution in [0.15, 0.2) is 197 Å². The lowest BCUT2D eigenvalue weighted by molar-refractivity contribution is 0.642. The highest BCUT2D eigenvalue weighted by Crippen LogP contribution is 2.65. The van der Waals surface area contributed by atoms with E-state index in [1.807, 2.05) is 0 Å². The van der Waals surface area contributed by atoms with E-state index in [1.165, 1.54) is 77.5 Å². The van der Waals surface area contributed by atoms with Crippen LogP contribution in [0, 0.1) is 0 Å². The van der Waals surface area contributed by atoms with Gasteiger partial charge in [-0.05, 0) is 175 Å². The summed E-state index contributed by atoms with van der Waals surface area (Å²) in [5.74, 6) is 0. The van der Waals surface area contributed by atoms with Crippen LogP contribution in [0.25, 0.3) is 33.5 Å². The normalized spacial score (nSPS) is 24.2. The van der Waals surface area contributed by atoms with Crippen molar-refractivity contribution < 1.29 is 0 Å². The van der Waals surface area contributed by atoms with E-state index in [4.69, 9.17) is 0 Å². The Labute approximate surface area is 390 Å². The largest absolute Gasteiger partial charge is 0.337 e. The summed E-state index contributed by atoms with van der Waals surface area (Å²) < 4.78 is 0. The van der Waals surface area contributed by atoms with E-state index in [-0.39, 0.29) is 22.3 Å². The van der Waals surface area contributed by atoms with Crippen LogP contribution in [0.4, 0.5) is 5.69 Å². The average Bonchev–Trinajstić information content (AvgIpc) is 3.99. The van der Waals surface area contributed by atoms with Crippen LogP contribution in [-0.4, -0.2) is 6.04 Å². The van der Waals surface area contributed by atoms with Crippen molar-refractivity contribution in [1.82, 2.24) is 0 Å². The van der Waals surface area contributed by atoms with Gasteiger partial charge in [-0.1, -0.05) is 173 Å². The summed E-state index contributed by atoms with van der Waals surface area (Å²) in [6.07, 6.45) is 27.7. The van der Waals surface area contributed by atoms with Crippen molar-refractivity contribution in [3.8, 4) is 11.1 Å². The van der Waals surface area contributed by atoms with Crippen LogP contribution in [0.3, 0.4) is 0 Å². The second-order valence-electron chi connectivity index (χ2n) is 21.4. The van der Waals surface area contributed by atoms with Gasteiger partial charge in [0.25, 0.3) is 0 Å². The van der Waals surface area contributed by atoms with Crippen molar-refractivity contribution in [2.24, 2.45) is 0 Å². The molecule has 0 saturated carbocycles. The molecule has 9 aliphatic carbocycles. The van der Waals surface area contributed by atoms with Crippen molar-refractivity contribution in [1.29, 1.82) is 0 Å². The molecule has 0 aliphatic heterocycles. The van der Waals surface area contributed by atoms with E-state index in [2.05, 4.69) is 190 Å². The SMILES string of the molecule is CC1(C)C2=CC(N(C3=c4ccccc4=C(C4=CC5=C(CC4)C4=C(C=CCC4)C54C5=C(CCC=C5)c5ccccc54)CC3)c3ccc4c(c3)C(C)(C)c3ccccc3-4)CC=C2c2ccccc21. The fourth-order valence-corrected chi connectivity index (χ4v) is 14.8. The molecule has 1 nitrogen and oxygen atoms in total. The van der Waals surface area contributed by atoms with Gasteiger partial charge in [-0.15, -0.1) is 0 Å². The predicted molar refractivity (Wildman–Crippen MR) is 275 cm³/mol. The maximum absolute atomic E-state index is 2.79. The highest BCUT2D eigenvalue weighted by Gasteiger charge is 2.54. The van der Waals surface area contributed by atoms with Gasteiger partial charge in [0, 0.05) is 27.4 Å². The van der Waals surface area contributed by atoms with E-state index in [9.17, 15) is 0 Å². The lowest BCUT2D eigenvalue weighted by atomic mass is 9.65. The molecule has 66 heavy (non-hydrogen) atoms. The first-order valence-corrected chi connectivity index (χ1v) is 25.0. The van der Waals surface area contributed by atoms with Crippen LogP contribution in [0.1, 0.15) is 119 Å². The number of anilines is 1. The van der Waals surface area contributed by atoms with Crippen LogP contribution in [0.5, 0.6) is 0 Å². The highest BCUT2D eigenvalue weighted by molar-refractivity contribution is 5.94. The summed E-state index contributed by atoms with van der Waals surface area (Å²) in [5.41, 5.74) is 29.4. The molecule has 0 bridgehead atoms. The third-order valence-corrected chi connectivity index (χ3v) is 17.7. The Balaban J connectivity index is 0.964. The standard InChI is InChI=1S/C65H57N/c1-63(2)54-24-12-7-18-45(54)50-33-30-41(38-59(50)63)66(42-31-34-51-46-19-8-13-25-55(46)64(3,4)60(51)39-42)62-36-35-43(44-17-5-6-23-53(44)62)40-29-32-52-49-22-11-16-28-58(49)65(61(52)37-40)56-26-14-9-20-47(56)48-21-10-15-27-57(48)65/h5-9,12-20,23-28,30,33-34,37-39,42H,10-11,21-22,29,31-32,35-36H2,1-4H3. The van der Waals surface area contributed by atoms with Gasteiger partial charge < -0.3 is 4.90 Å². The molecule has 14 rings (SSSR count). The zero-order valence-electron chi connectivity index (χ0n) is 38.9. The van der Waals surface area contributed by atoms with E-state index in [0.717, 1.165) is 57.8 Å². The van der Waals surface area contributed by atoms with Gasteiger partial charge in [0.15, 0.2) is 0 Å². The van der Waals surface area contributed by atoms with Crippen LogP contribution in [-0.2, 0) is 16.2 Å². The Morgan fingerprint density at radius 1 is 0.500 bits per heavy atom. The molecule has 0 amide bonds. The van der Waals surface area contributed by atoms with Crippen LogP contribution >= 0.6 is 0 Å². The summed E-state index contributed by atoms with van der Waals surface area (Å²) in [6, 6.07) is 44.8. The molecule has 2 unspecified atom stereocenters. The zero-order valence-corrected chi connectivity index (χ0v) is 38.9. The Hall–Kier alpha value is -6.44. The first-order valence-electron chi connectivity index (χ1n) is 25.0. The second kappa shape index (κ2) is 13.8. The van der Waals surface area contributed by atoms with E-state index < -0.39 is 0 Å². The fourth-order valence-electron chi connectivity index (χ4n) is 14.8. The minimum Gasteiger partial charge on any atom is -0.337 e. The molecule has 322 valence electrons. The molecule has 5 aromatic rings. The summed E-state index contributed by atoms with van der Waals surface area (Å²) in [6.45, 7) is 9.72. The van der Waals surface area contributed by atoms with Crippen molar-refractivity contribution in [3.05, 3.63) is 241 Å². The summed E-state index contributed by atoms with van der Waals surface area (Å²) in [4.78, 5) is 2.79. The molecule has 1 spiro atoms. The molecule has 1 heteroatoms. The van der Waals surface area contributed by atoms with E-state index in [0.29, 0.717) is 0 Å². The summed E-state index contributed by atoms with van der Waals surface area (Å²) >= 11 is 0. The number of allylic oxidation sites excluding steroid dienone is 14. The Morgan fingerprint density at radius 2 is 1.12 bits per heavy atom. The lowest BCUT2D eigenvalue weighted by Gasteiger charge is -2.39. The average molecular weight is 852 g/mol. The number of hydrogen-bond donors (Lipinski definition) is 0. The maximum atomic E-state index is 2.79. The van der Waals surface area contributed by atoms with Crippen molar-refractivity contribution in [2.75, 3.05) is 4.90 Å². The highest BCUT2D eigenvalue weighted by atomic mass is 15.2. The van der Waals surface area contributed by atoms with Crippen molar-refractivity contribution >= 4 is 28.1 Å². The molecule has 5 aromatic carbocycles. The number of benzene rings is 5. The van der Waals surface area contributed by atoms with Gasteiger partial charge in [-0.3, -0.25) is 0 Å². The van der Waals surface area contributed by atoms with E-state index >= 15 is 0 Å². The minimum absolute atomic E-state index is 0.0586. The Kier molecular flexibility index (Phi) is 8.11. The van der Waals surface area contributed by atoms with Crippen molar-refractivity contribution in [3.63, 3.8) is 0 Å². The van der Waals surface area contributed by atoms with Gasteiger partial charge in [-0.25, -0.2) is 0 Å². The summed E-state index contributed by atoms with van der Waals surface area (Å²) in [5, 5.41) is 2.83. The Morgan fingerprint density at radius 3 is 1.92 bits per heavy atom. The molecular weight excluding hydrogens is 795 g/mol. The lowest BCUT2D eigenvalue weighted by Crippen LogP contribution is -2.43. The fraction of sp³-hybridized carbons (Fsp3) is 0.262. The molecule has 0 N–H and O–H groups in total. The molecule has 0 aromatic heterocycles. The number of hydrogen-bond acceptors (Lipinski definition) is 1. The monoisotopic (exact) mass is 851 g/mol. The van der Waals surface area contributed by atoms with Gasteiger partial charge in [0.05, 0.1) is 11.5 Å². The number of rotatable bonds is 4. The third kappa shape index (κ3) is 5.02. The molecule has 9 aliphatic rings. The van der Waals surface area contributed by atoms with E-state index in [1.54, 1.807) is 44.6 Å². The first-order chi connectivity index (χ1) is 32.3. The summed E-state index contributed by atoms with van der Waals surface area (Å²) in [7, 11) is 0. The Bertz CT molecular complexity index is 3450. The van der Waals surface area contributed by atoms with Gasteiger partial charge in [0.1, 0.15) is 0 Å². The van der Waals surface area contributed by atoms with Gasteiger partial charge >= 0.3 is 0 Å². The molecule has 2 atom stereocenters. The van der Waals surface area contributed by atoms with Gasteiger partial charge in [0.2, 0.25) is 0 Å². The van der Waals surface area contributed by atoms with Gasteiger partial charge in [-0.2, -0.15) is 0 Å². The number of fused-ring (bicyclic) bond motifs is 14. The molecule has 0 radical (unpaired) electrons. The minimum atomic E-state index is -0.214. The smallest absolute Gasteiger partial charge is 0.0715 e. The second-order valence-corrected chi connectivity index (χ2v) is 21.4. The zero-order chi connectivity index (χ0) is 44.1. The molecular formula is C65H57N. The predicted octanol–water partition coefficient (Wildman–Crippen LogP) is 14.4. The maximum Gasteiger partial charge on any atom is 0.0715 e. The van der Waals surface area contributed by atoms with Crippen LogP contribution in [0.2, 0.25) is 0 Å². The third-order valence-electron chi connectivity index (χ3n) is 17.7. The molecule has 0 fully saturated rings. The van der Waals surface area contributed by atoms with Crippen molar-refractivity contribution in [2.45, 2.75) is 108 Å². The quantitative estimate of drug-likeness (QED) is 0.174. The van der Waals surface area contributed by atoms with Crippen LogP contribution < -0.4 is 15.3 Å². The first kappa shape index (κ1) is 38.8. The molecule has 0 heterocycles.